The van der Waals surface area contributed by atoms with Gasteiger partial charge in [-0.3, -0.25) is 9.59 Å². The minimum Gasteiger partial charge on any atom is -0.383 e. The van der Waals surface area contributed by atoms with Gasteiger partial charge < -0.3 is 19.7 Å². The maximum absolute atomic E-state index is 13.1. The fourth-order valence-electron chi connectivity index (χ4n) is 2.17. The number of hydrogen-bond donors (Lipinski definition) is 1. The molecule has 6 nitrogen and oxygen atoms in total. The first-order chi connectivity index (χ1) is 11.0. The summed E-state index contributed by atoms with van der Waals surface area (Å²) in [7, 11) is 1.57. The zero-order chi connectivity index (χ0) is 16.8. The van der Waals surface area contributed by atoms with Crippen LogP contribution in [0.5, 0.6) is 0 Å². The molecule has 0 radical (unpaired) electrons. The van der Waals surface area contributed by atoms with E-state index in [-0.39, 0.29) is 41.7 Å². The van der Waals surface area contributed by atoms with Crippen LogP contribution in [0.25, 0.3) is 0 Å². The Balaban J connectivity index is 1.86. The van der Waals surface area contributed by atoms with Gasteiger partial charge in [-0.2, -0.15) is 0 Å². The predicted octanol–water partition coefficient (Wildman–Crippen LogP) is 1.08. The molecule has 1 aromatic rings. The zero-order valence-electron chi connectivity index (χ0n) is 12.7. The second-order valence-electron chi connectivity index (χ2n) is 5.10. The highest BCUT2D eigenvalue weighted by atomic mass is 35.5. The number of halogens is 2. The number of rotatable bonds is 6. The smallest absolute Gasteiger partial charge is 0.251 e. The summed E-state index contributed by atoms with van der Waals surface area (Å²) in [6.45, 7) is 1.53. The number of nitrogens with zero attached hydrogens (tertiary/aromatic N) is 1. The highest BCUT2D eigenvalue weighted by Gasteiger charge is 2.26. The van der Waals surface area contributed by atoms with Gasteiger partial charge in [0.1, 0.15) is 12.4 Å². The summed E-state index contributed by atoms with van der Waals surface area (Å²) >= 11 is 5.65. The van der Waals surface area contributed by atoms with Crippen LogP contribution < -0.4 is 5.32 Å². The lowest BCUT2D eigenvalue weighted by Gasteiger charge is -2.32. The highest BCUT2D eigenvalue weighted by molar-refractivity contribution is 6.31. The van der Waals surface area contributed by atoms with E-state index in [1.165, 1.54) is 12.1 Å². The van der Waals surface area contributed by atoms with E-state index < -0.39 is 5.82 Å². The zero-order valence-corrected chi connectivity index (χ0v) is 13.4. The van der Waals surface area contributed by atoms with Crippen molar-refractivity contribution in [2.45, 2.75) is 6.10 Å². The number of methoxy groups -OCH3 is 1. The molecule has 1 saturated heterocycles. The van der Waals surface area contributed by atoms with Crippen LogP contribution in [-0.2, 0) is 14.3 Å². The molecule has 8 heteroatoms. The minimum absolute atomic E-state index is 0.0212. The summed E-state index contributed by atoms with van der Waals surface area (Å²) < 4.78 is 23.4. The second kappa shape index (κ2) is 8.24. The topological polar surface area (TPSA) is 67.9 Å². The van der Waals surface area contributed by atoms with Crippen molar-refractivity contribution < 1.29 is 23.5 Å². The van der Waals surface area contributed by atoms with Gasteiger partial charge in [-0.25, -0.2) is 4.39 Å². The molecule has 1 aromatic carbocycles. The third-order valence-electron chi connectivity index (χ3n) is 3.46. The Hall–Kier alpha value is -1.70. The third kappa shape index (κ3) is 4.89. The highest BCUT2D eigenvalue weighted by Crippen LogP contribution is 2.16. The summed E-state index contributed by atoms with van der Waals surface area (Å²) in [5.74, 6) is -1.06. The van der Waals surface area contributed by atoms with Gasteiger partial charge in [0, 0.05) is 32.3 Å². The quantitative estimate of drug-likeness (QED) is 0.838. The summed E-state index contributed by atoms with van der Waals surface area (Å²) in [5, 5.41) is 2.58. The van der Waals surface area contributed by atoms with Crippen molar-refractivity contribution in [3.05, 3.63) is 34.6 Å². The molecule has 1 aliphatic rings. The Morgan fingerprint density at radius 1 is 1.57 bits per heavy atom. The monoisotopic (exact) mass is 344 g/mol. The molecule has 23 heavy (non-hydrogen) atoms. The third-order valence-corrected chi connectivity index (χ3v) is 3.75. The molecule has 0 aromatic heterocycles. The van der Waals surface area contributed by atoms with Gasteiger partial charge in [-0.1, -0.05) is 11.6 Å². The molecule has 2 rings (SSSR count). The van der Waals surface area contributed by atoms with Crippen LogP contribution in [-0.4, -0.2) is 62.8 Å². The van der Waals surface area contributed by atoms with Crippen LogP contribution in [0.1, 0.15) is 10.4 Å². The van der Waals surface area contributed by atoms with Crippen molar-refractivity contribution in [2.75, 3.05) is 40.0 Å². The number of morpholine rings is 1. The number of carbonyl (C=O) groups excluding carboxylic acids is 2. The van der Waals surface area contributed by atoms with Crippen LogP contribution in [0.15, 0.2) is 18.2 Å². The first-order valence-electron chi connectivity index (χ1n) is 7.13. The molecule has 0 aliphatic carbocycles. The molecule has 0 saturated carbocycles. The molecular weight excluding hydrogens is 327 g/mol. The Morgan fingerprint density at radius 3 is 3.04 bits per heavy atom. The van der Waals surface area contributed by atoms with E-state index in [4.69, 9.17) is 21.1 Å². The van der Waals surface area contributed by atoms with Gasteiger partial charge in [0.15, 0.2) is 0 Å². The van der Waals surface area contributed by atoms with Crippen LogP contribution in [0.3, 0.4) is 0 Å². The first kappa shape index (κ1) is 17.7. The van der Waals surface area contributed by atoms with Crippen LogP contribution >= 0.6 is 11.6 Å². The van der Waals surface area contributed by atoms with Crippen molar-refractivity contribution in [2.24, 2.45) is 0 Å². The van der Waals surface area contributed by atoms with E-state index in [2.05, 4.69) is 5.32 Å². The van der Waals surface area contributed by atoms with E-state index in [9.17, 15) is 14.0 Å². The van der Waals surface area contributed by atoms with Crippen LogP contribution in [0, 0.1) is 5.82 Å². The Bertz CT molecular complexity index is 585. The van der Waals surface area contributed by atoms with Gasteiger partial charge in [-0.15, -0.1) is 0 Å². The van der Waals surface area contributed by atoms with Gasteiger partial charge in [0.2, 0.25) is 5.91 Å². The first-order valence-corrected chi connectivity index (χ1v) is 7.50. The molecule has 1 atom stereocenters. The summed E-state index contributed by atoms with van der Waals surface area (Å²) in [4.78, 5) is 25.3. The Kier molecular flexibility index (Phi) is 6.32. The van der Waals surface area contributed by atoms with Crippen molar-refractivity contribution in [3.8, 4) is 0 Å². The molecule has 0 bridgehead atoms. The number of ether oxygens (including phenoxy) is 2. The fraction of sp³-hybridized carbons (Fsp3) is 0.467. The van der Waals surface area contributed by atoms with Gasteiger partial charge in [0.25, 0.3) is 5.91 Å². The Labute approximate surface area is 138 Å². The maximum atomic E-state index is 13.1. The fourth-order valence-corrected chi connectivity index (χ4v) is 2.35. The number of amides is 2. The molecule has 1 N–H and O–H groups in total. The second-order valence-corrected chi connectivity index (χ2v) is 5.51. The number of hydrogen-bond acceptors (Lipinski definition) is 4. The predicted molar refractivity (Wildman–Crippen MR) is 81.9 cm³/mol. The normalized spacial score (nSPS) is 18.1. The lowest BCUT2D eigenvalue weighted by Crippen LogP contribution is -2.51. The van der Waals surface area contributed by atoms with E-state index in [1.54, 1.807) is 12.0 Å². The maximum Gasteiger partial charge on any atom is 0.251 e. The Morgan fingerprint density at radius 2 is 2.35 bits per heavy atom. The molecule has 0 spiro atoms. The number of benzene rings is 1. The SMILES string of the molecule is COCCN1CC(CNC(=O)c2ccc(F)c(Cl)c2)OCC1=O. The largest absolute Gasteiger partial charge is 0.383 e. The summed E-state index contributed by atoms with van der Waals surface area (Å²) in [6.07, 6.45) is -0.301. The van der Waals surface area contributed by atoms with Gasteiger partial charge in [0.05, 0.1) is 17.7 Å². The average molecular weight is 345 g/mol. The molecule has 1 unspecified atom stereocenters. The van der Waals surface area contributed by atoms with E-state index in [0.717, 1.165) is 6.07 Å². The summed E-state index contributed by atoms with van der Waals surface area (Å²) in [5.41, 5.74) is 0.263. The minimum atomic E-state index is -0.578. The molecular formula is C15H18ClFN2O4. The number of nitrogens with one attached hydrogen (secondary N) is 1. The molecule has 2 amide bonds. The van der Waals surface area contributed by atoms with E-state index in [0.29, 0.717) is 19.7 Å². The standard InChI is InChI=1S/C15H18ClFN2O4/c1-22-5-4-19-8-11(23-9-14(19)20)7-18-15(21)10-2-3-13(17)12(16)6-10/h2-3,6,11H,4-5,7-9H2,1H3,(H,18,21). The van der Waals surface area contributed by atoms with Crippen molar-refractivity contribution >= 4 is 23.4 Å². The van der Waals surface area contributed by atoms with Gasteiger partial charge in [-0.05, 0) is 18.2 Å². The van der Waals surface area contributed by atoms with Crippen molar-refractivity contribution in [3.63, 3.8) is 0 Å². The lowest BCUT2D eigenvalue weighted by atomic mass is 10.2. The lowest BCUT2D eigenvalue weighted by molar-refractivity contribution is -0.149. The molecule has 1 heterocycles. The average Bonchev–Trinajstić information content (AvgIpc) is 2.55. The van der Waals surface area contributed by atoms with E-state index in [1.807, 2.05) is 0 Å². The molecule has 126 valence electrons. The number of carbonyl (C=O) groups is 2. The molecule has 1 fully saturated rings. The van der Waals surface area contributed by atoms with Crippen molar-refractivity contribution in [1.82, 2.24) is 10.2 Å². The van der Waals surface area contributed by atoms with Crippen molar-refractivity contribution in [1.29, 1.82) is 0 Å². The van der Waals surface area contributed by atoms with Crippen LogP contribution in [0.2, 0.25) is 5.02 Å². The molecule has 1 aliphatic heterocycles. The van der Waals surface area contributed by atoms with Gasteiger partial charge >= 0.3 is 0 Å². The van der Waals surface area contributed by atoms with Crippen LogP contribution in [0.4, 0.5) is 4.39 Å². The van der Waals surface area contributed by atoms with E-state index >= 15 is 0 Å². The summed E-state index contributed by atoms with van der Waals surface area (Å²) in [6, 6.07) is 3.76.